The normalized spacial score (nSPS) is 19.9. The van der Waals surface area contributed by atoms with E-state index in [1.807, 2.05) is 12.1 Å². The lowest BCUT2D eigenvalue weighted by molar-refractivity contribution is 0.0359. The maximum Gasteiger partial charge on any atom is 0.118 e. The quantitative estimate of drug-likeness (QED) is 0.616. The van der Waals surface area contributed by atoms with Crippen LogP contribution in [0.15, 0.2) is 36.4 Å². The highest BCUT2D eigenvalue weighted by Gasteiger charge is 2.39. The predicted molar refractivity (Wildman–Crippen MR) is 107 cm³/mol. The van der Waals surface area contributed by atoms with Crippen LogP contribution in [0.4, 0.5) is 0 Å². The van der Waals surface area contributed by atoms with Crippen LogP contribution in [-0.2, 0) is 10.3 Å². The smallest absolute Gasteiger partial charge is 0.118 e. The van der Waals surface area contributed by atoms with Gasteiger partial charge in [-0.3, -0.25) is 0 Å². The molecule has 1 heterocycles. The van der Waals surface area contributed by atoms with Crippen molar-refractivity contribution in [3.05, 3.63) is 69.2 Å². The van der Waals surface area contributed by atoms with Gasteiger partial charge in [-0.05, 0) is 59.1 Å². The second-order valence-corrected chi connectivity index (χ2v) is 8.15. The summed E-state index contributed by atoms with van der Waals surface area (Å²) in [7, 11) is 0. The zero-order chi connectivity index (χ0) is 18.9. The molecule has 1 unspecified atom stereocenters. The molecule has 1 saturated heterocycles. The van der Waals surface area contributed by atoms with Gasteiger partial charge in [-0.1, -0.05) is 63.6 Å². The third-order valence-electron chi connectivity index (χ3n) is 5.36. The first-order valence-electron chi connectivity index (χ1n) is 9.37. The molecule has 2 aromatic carbocycles. The average Bonchev–Trinajstić information content (AvgIpc) is 3.11. The Labute approximate surface area is 161 Å². The Bertz CT molecular complexity index is 825. The van der Waals surface area contributed by atoms with Crippen molar-refractivity contribution < 1.29 is 4.74 Å². The van der Waals surface area contributed by atoms with Crippen LogP contribution in [0.5, 0.6) is 0 Å². The number of benzene rings is 2. The largest absolute Gasteiger partial charge is 0.366 e. The number of hydrogen-bond donors (Lipinski definition) is 0. The molecule has 136 valence electrons. The van der Waals surface area contributed by atoms with Gasteiger partial charge >= 0.3 is 0 Å². The lowest BCUT2D eigenvalue weighted by Gasteiger charge is -2.31. The van der Waals surface area contributed by atoms with E-state index in [2.05, 4.69) is 58.0 Å². The van der Waals surface area contributed by atoms with Gasteiger partial charge in [0.25, 0.3) is 0 Å². The van der Waals surface area contributed by atoms with E-state index >= 15 is 0 Å². The molecule has 3 rings (SSSR count). The molecule has 0 amide bonds. The highest BCUT2D eigenvalue weighted by molar-refractivity contribution is 6.31. The van der Waals surface area contributed by atoms with Gasteiger partial charge in [-0.2, -0.15) is 5.26 Å². The van der Waals surface area contributed by atoms with Gasteiger partial charge in [0.2, 0.25) is 0 Å². The summed E-state index contributed by atoms with van der Waals surface area (Å²) in [5, 5.41) is 10.3. The molecule has 1 aliphatic heterocycles. The summed E-state index contributed by atoms with van der Waals surface area (Å²) >= 11 is 6.60. The SMILES string of the molecule is CC(C)c1ccc(C2(c3cc(Cl)c(C(C)C)c(C#N)c3)CCCO2)cc1. The summed E-state index contributed by atoms with van der Waals surface area (Å²) in [4.78, 5) is 0. The monoisotopic (exact) mass is 367 g/mol. The van der Waals surface area contributed by atoms with E-state index in [1.165, 1.54) is 5.56 Å². The van der Waals surface area contributed by atoms with E-state index < -0.39 is 5.60 Å². The number of nitrogens with zero attached hydrogens (tertiary/aromatic N) is 1. The summed E-state index contributed by atoms with van der Waals surface area (Å²) in [6, 6.07) is 15.0. The minimum absolute atomic E-state index is 0.206. The molecule has 3 heteroatoms. The number of ether oxygens (including phenoxy) is 1. The number of rotatable bonds is 4. The maximum absolute atomic E-state index is 9.66. The van der Waals surface area contributed by atoms with Crippen molar-refractivity contribution in [2.75, 3.05) is 6.61 Å². The van der Waals surface area contributed by atoms with Gasteiger partial charge < -0.3 is 4.74 Å². The van der Waals surface area contributed by atoms with Gasteiger partial charge in [-0.15, -0.1) is 0 Å². The molecule has 0 radical (unpaired) electrons. The van der Waals surface area contributed by atoms with Gasteiger partial charge in [0.05, 0.1) is 11.6 Å². The minimum atomic E-state index is -0.514. The summed E-state index contributed by atoms with van der Waals surface area (Å²) in [5.41, 5.74) is 4.49. The Hall–Kier alpha value is -1.82. The second kappa shape index (κ2) is 7.43. The fraction of sp³-hybridized carbons (Fsp3) is 0.435. The molecule has 1 aliphatic rings. The van der Waals surface area contributed by atoms with Gasteiger partial charge in [0, 0.05) is 11.6 Å². The molecule has 26 heavy (non-hydrogen) atoms. The van der Waals surface area contributed by atoms with Crippen LogP contribution in [0.2, 0.25) is 5.02 Å². The molecule has 0 aliphatic carbocycles. The van der Waals surface area contributed by atoms with Crippen LogP contribution in [0.3, 0.4) is 0 Å². The van der Waals surface area contributed by atoms with E-state index in [1.54, 1.807) is 0 Å². The van der Waals surface area contributed by atoms with E-state index in [-0.39, 0.29) is 5.92 Å². The fourth-order valence-electron chi connectivity index (χ4n) is 3.93. The molecule has 0 bridgehead atoms. The molecule has 2 nitrogen and oxygen atoms in total. The van der Waals surface area contributed by atoms with Crippen LogP contribution in [0, 0.1) is 11.3 Å². The first-order chi connectivity index (χ1) is 12.4. The topological polar surface area (TPSA) is 33.0 Å². The fourth-order valence-corrected chi connectivity index (χ4v) is 4.37. The molecule has 1 atom stereocenters. The summed E-state index contributed by atoms with van der Waals surface area (Å²) in [5.74, 6) is 0.700. The third-order valence-corrected chi connectivity index (χ3v) is 5.67. The lowest BCUT2D eigenvalue weighted by atomic mass is 9.81. The minimum Gasteiger partial charge on any atom is -0.366 e. The van der Waals surface area contributed by atoms with Crippen molar-refractivity contribution in [3.63, 3.8) is 0 Å². The van der Waals surface area contributed by atoms with Crippen molar-refractivity contribution in [3.8, 4) is 6.07 Å². The molecular formula is C23H26ClNO. The zero-order valence-corrected chi connectivity index (χ0v) is 16.7. The zero-order valence-electron chi connectivity index (χ0n) is 16.0. The Morgan fingerprint density at radius 2 is 1.73 bits per heavy atom. The lowest BCUT2D eigenvalue weighted by Crippen LogP contribution is -2.27. The standard InChI is InChI=1S/C23H26ClNO/c1-15(2)17-6-8-19(9-7-17)23(10-5-11-26-23)20-12-18(14-25)22(16(3)4)21(24)13-20/h6-9,12-13,15-16H,5,10-11H2,1-4H3. The number of nitriles is 1. The van der Waals surface area contributed by atoms with Gasteiger partial charge in [-0.25, -0.2) is 0 Å². The van der Waals surface area contributed by atoms with E-state index in [0.29, 0.717) is 16.5 Å². The van der Waals surface area contributed by atoms with Crippen molar-refractivity contribution in [1.29, 1.82) is 5.26 Å². The first kappa shape index (κ1) is 19.0. The van der Waals surface area contributed by atoms with Crippen molar-refractivity contribution in [1.82, 2.24) is 0 Å². The molecule has 0 spiro atoms. The highest BCUT2D eigenvalue weighted by atomic mass is 35.5. The van der Waals surface area contributed by atoms with Crippen molar-refractivity contribution >= 4 is 11.6 Å². The molecule has 0 N–H and O–H groups in total. The van der Waals surface area contributed by atoms with Crippen LogP contribution in [-0.4, -0.2) is 6.61 Å². The third kappa shape index (κ3) is 3.27. The number of halogens is 1. The second-order valence-electron chi connectivity index (χ2n) is 7.74. The van der Waals surface area contributed by atoms with Crippen molar-refractivity contribution in [2.24, 2.45) is 0 Å². The highest BCUT2D eigenvalue weighted by Crippen LogP contribution is 2.44. The van der Waals surface area contributed by atoms with Crippen LogP contribution >= 0.6 is 11.6 Å². The summed E-state index contributed by atoms with van der Waals surface area (Å²) < 4.78 is 6.30. The molecule has 0 saturated carbocycles. The van der Waals surface area contributed by atoms with E-state index in [9.17, 15) is 5.26 Å². The number of hydrogen-bond acceptors (Lipinski definition) is 2. The first-order valence-corrected chi connectivity index (χ1v) is 9.75. The average molecular weight is 368 g/mol. The Morgan fingerprint density at radius 1 is 1.04 bits per heavy atom. The Morgan fingerprint density at radius 3 is 2.23 bits per heavy atom. The molecule has 0 aromatic heterocycles. The van der Waals surface area contributed by atoms with Crippen LogP contribution in [0.25, 0.3) is 0 Å². The Kier molecular flexibility index (Phi) is 5.42. The maximum atomic E-state index is 9.66. The molecule has 1 fully saturated rings. The predicted octanol–water partition coefficient (Wildman–Crippen LogP) is 6.51. The van der Waals surface area contributed by atoms with E-state index in [4.69, 9.17) is 16.3 Å². The molecule has 2 aromatic rings. The van der Waals surface area contributed by atoms with Crippen molar-refractivity contribution in [2.45, 2.75) is 58.0 Å². The summed E-state index contributed by atoms with van der Waals surface area (Å²) in [6.07, 6.45) is 1.90. The van der Waals surface area contributed by atoms with Gasteiger partial charge in [0.1, 0.15) is 5.60 Å². The van der Waals surface area contributed by atoms with Crippen LogP contribution < -0.4 is 0 Å². The summed E-state index contributed by atoms with van der Waals surface area (Å²) in [6.45, 7) is 9.24. The van der Waals surface area contributed by atoms with E-state index in [0.717, 1.165) is 36.1 Å². The van der Waals surface area contributed by atoms with Gasteiger partial charge in [0.15, 0.2) is 0 Å². The Balaban J connectivity index is 2.14. The van der Waals surface area contributed by atoms with Crippen LogP contribution in [0.1, 0.15) is 80.2 Å². The molecular weight excluding hydrogens is 342 g/mol.